The second-order valence-corrected chi connectivity index (χ2v) is 2.78. The normalized spacial score (nSPS) is 28.5. The van der Waals surface area contributed by atoms with Crippen LogP contribution in [-0.4, -0.2) is 56.9 Å². The van der Waals surface area contributed by atoms with Gasteiger partial charge in [-0.1, -0.05) is 4.65 Å². The van der Waals surface area contributed by atoms with Crippen LogP contribution in [0.4, 0.5) is 4.79 Å². The van der Waals surface area contributed by atoms with E-state index in [1.165, 1.54) is 26.4 Å². The molecule has 0 radical (unpaired) electrons. The lowest BCUT2D eigenvalue weighted by atomic mass is 10.6. The lowest BCUT2D eigenvalue weighted by Crippen LogP contribution is -2.51. The summed E-state index contributed by atoms with van der Waals surface area (Å²) in [6.07, 6.45) is 0. The number of urea groups is 1. The molecule has 2 amide bonds. The van der Waals surface area contributed by atoms with Crippen LogP contribution in [0.3, 0.4) is 0 Å². The molecule has 1 heterocycles. The molecule has 1 saturated heterocycles. The summed E-state index contributed by atoms with van der Waals surface area (Å²) < 4.78 is 4.77. The topological polar surface area (TPSA) is 48.0 Å². The van der Waals surface area contributed by atoms with Crippen molar-refractivity contribution in [3.05, 3.63) is 0 Å². The highest BCUT2D eigenvalue weighted by atomic mass is 16.8. The van der Waals surface area contributed by atoms with Gasteiger partial charge in [-0.25, -0.2) is 4.79 Å². The van der Waals surface area contributed by atoms with Crippen molar-refractivity contribution in [3.8, 4) is 0 Å². The molecule has 0 N–H and O–H groups in total. The van der Waals surface area contributed by atoms with Gasteiger partial charge in [0.05, 0.1) is 14.2 Å². The van der Waals surface area contributed by atoms with E-state index in [4.69, 9.17) is 14.4 Å². The van der Waals surface area contributed by atoms with Gasteiger partial charge in [-0.15, -0.1) is 0 Å². The highest BCUT2D eigenvalue weighted by molar-refractivity contribution is 5.66. The maximum absolute atomic E-state index is 11.6. The van der Waals surface area contributed by atoms with Crippen molar-refractivity contribution in [3.63, 3.8) is 0 Å². The fourth-order valence-electron chi connectivity index (χ4n) is 1.37. The number of amides is 2. The molecule has 13 heavy (non-hydrogen) atoms. The maximum Gasteiger partial charge on any atom is 0.477 e. The van der Waals surface area contributed by atoms with Crippen molar-refractivity contribution in [2.75, 3.05) is 41.1 Å². The second-order valence-electron chi connectivity index (χ2n) is 2.78. The second kappa shape index (κ2) is 4.01. The van der Waals surface area contributed by atoms with Crippen LogP contribution >= 0.6 is 0 Å². The molecule has 6 heteroatoms. The van der Waals surface area contributed by atoms with Crippen LogP contribution < -0.4 is 0 Å². The number of hydrogen-bond donors (Lipinski definition) is 0. The first-order valence-corrected chi connectivity index (χ1v) is 3.98. The zero-order chi connectivity index (χ0) is 9.90. The van der Waals surface area contributed by atoms with E-state index in [0.717, 1.165) is 0 Å². The molecule has 1 aliphatic heterocycles. The molecular formula is C7H15N2O4+. The van der Waals surface area contributed by atoms with Crippen molar-refractivity contribution in [2.24, 2.45) is 0 Å². The monoisotopic (exact) mass is 191 g/mol. The van der Waals surface area contributed by atoms with Crippen LogP contribution in [0, 0.1) is 0 Å². The minimum absolute atomic E-state index is 0.162. The number of hydrogen-bond acceptors (Lipinski definition) is 4. The van der Waals surface area contributed by atoms with Crippen LogP contribution in [0.25, 0.3) is 0 Å². The van der Waals surface area contributed by atoms with Crippen molar-refractivity contribution < 1.29 is 23.9 Å². The van der Waals surface area contributed by atoms with E-state index >= 15 is 0 Å². The molecule has 0 aromatic heterocycles. The minimum Gasteiger partial charge on any atom is -0.332 e. The van der Waals surface area contributed by atoms with Gasteiger partial charge >= 0.3 is 6.03 Å². The van der Waals surface area contributed by atoms with Crippen molar-refractivity contribution >= 4 is 6.03 Å². The predicted molar refractivity (Wildman–Crippen MR) is 43.1 cm³/mol. The Hall–Kier alpha value is -0.690. The molecule has 0 bridgehead atoms. The Kier molecular flexibility index (Phi) is 3.21. The predicted octanol–water partition coefficient (Wildman–Crippen LogP) is -0.0345. The van der Waals surface area contributed by atoms with E-state index in [9.17, 15) is 4.79 Å². The van der Waals surface area contributed by atoms with E-state index in [-0.39, 0.29) is 17.4 Å². The van der Waals surface area contributed by atoms with Gasteiger partial charge < -0.3 is 4.74 Å². The van der Waals surface area contributed by atoms with Gasteiger partial charge in [0.25, 0.3) is 0 Å². The lowest BCUT2D eigenvalue weighted by Gasteiger charge is -2.24. The molecule has 1 fully saturated rings. The number of nitrogens with zero attached hydrogens (tertiary/aromatic N) is 2. The lowest BCUT2D eigenvalue weighted by molar-refractivity contribution is -1.04. The van der Waals surface area contributed by atoms with Crippen LogP contribution in [0.5, 0.6) is 0 Å². The molecule has 0 aromatic rings. The minimum atomic E-state index is -0.230. The van der Waals surface area contributed by atoms with Gasteiger partial charge in [0.15, 0.2) is 0 Å². The number of rotatable bonds is 4. The van der Waals surface area contributed by atoms with Crippen LogP contribution in [0.2, 0.25) is 0 Å². The first-order chi connectivity index (χ1) is 6.20. The third kappa shape index (κ3) is 1.66. The number of ether oxygens (including phenoxy) is 1. The molecule has 1 aliphatic rings. The average molecular weight is 191 g/mol. The Bertz CT molecular complexity index is 199. The fourth-order valence-corrected chi connectivity index (χ4v) is 1.37. The third-order valence-electron chi connectivity index (χ3n) is 2.13. The van der Waals surface area contributed by atoms with Gasteiger partial charge in [-0.05, 0) is 0 Å². The van der Waals surface area contributed by atoms with Crippen molar-refractivity contribution in [1.29, 1.82) is 0 Å². The maximum atomic E-state index is 11.6. The highest BCUT2D eigenvalue weighted by Gasteiger charge is 2.49. The molecule has 0 spiro atoms. The molecule has 1 unspecified atom stereocenters. The summed E-state index contributed by atoms with van der Waals surface area (Å²) in [7, 11) is 4.47. The molecule has 0 aromatic carbocycles. The first kappa shape index (κ1) is 10.4. The first-order valence-electron chi connectivity index (χ1n) is 3.98. The summed E-state index contributed by atoms with van der Waals surface area (Å²) >= 11 is 0. The zero-order valence-electron chi connectivity index (χ0n) is 8.15. The summed E-state index contributed by atoms with van der Waals surface area (Å²) in [6.45, 7) is 1.26. The van der Waals surface area contributed by atoms with Gasteiger partial charge in [-0.2, -0.15) is 9.90 Å². The molecule has 1 rings (SSSR count). The quantitative estimate of drug-likeness (QED) is 0.585. The number of methoxy groups -OCH3 is 1. The van der Waals surface area contributed by atoms with Crippen LogP contribution in [0.15, 0.2) is 0 Å². The largest absolute Gasteiger partial charge is 0.477 e. The molecular weight excluding hydrogens is 176 g/mol. The van der Waals surface area contributed by atoms with Crippen LogP contribution in [0.1, 0.15) is 0 Å². The molecule has 6 nitrogen and oxygen atoms in total. The summed E-state index contributed by atoms with van der Waals surface area (Å²) in [5.41, 5.74) is 0. The Morgan fingerprint density at radius 3 is 2.54 bits per heavy atom. The van der Waals surface area contributed by atoms with Gasteiger partial charge in [-0.3, -0.25) is 4.84 Å². The number of quaternary nitrogens is 1. The Morgan fingerprint density at radius 1 is 1.46 bits per heavy atom. The summed E-state index contributed by atoms with van der Waals surface area (Å²) in [5.74, 6) is 0. The third-order valence-corrected chi connectivity index (χ3v) is 2.13. The van der Waals surface area contributed by atoms with Crippen LogP contribution in [-0.2, 0) is 14.4 Å². The van der Waals surface area contributed by atoms with Gasteiger partial charge in [0, 0.05) is 7.11 Å². The Balaban J connectivity index is 2.73. The summed E-state index contributed by atoms with van der Waals surface area (Å²) in [5, 5.41) is 1.27. The van der Waals surface area contributed by atoms with Crippen molar-refractivity contribution in [1.82, 2.24) is 5.06 Å². The number of carbonyl (C=O) groups is 1. The zero-order valence-corrected chi connectivity index (χ0v) is 8.15. The van der Waals surface area contributed by atoms with E-state index in [0.29, 0.717) is 13.1 Å². The smallest absolute Gasteiger partial charge is 0.332 e. The van der Waals surface area contributed by atoms with E-state index in [2.05, 4.69) is 0 Å². The molecule has 0 saturated carbocycles. The summed E-state index contributed by atoms with van der Waals surface area (Å²) in [6, 6.07) is -0.230. The van der Waals surface area contributed by atoms with E-state index in [1.807, 2.05) is 0 Å². The molecule has 76 valence electrons. The fraction of sp³-hybridized carbons (Fsp3) is 0.857. The number of hydroxylamine groups is 5. The van der Waals surface area contributed by atoms with E-state index in [1.54, 1.807) is 0 Å². The highest BCUT2D eigenvalue weighted by Crippen LogP contribution is 2.19. The SMILES string of the molecule is COC[N+]1(OC)CCN(OC)C1=O. The molecule has 1 atom stereocenters. The van der Waals surface area contributed by atoms with Gasteiger partial charge in [0.2, 0.25) is 6.73 Å². The Morgan fingerprint density at radius 2 is 2.15 bits per heavy atom. The Labute approximate surface area is 77.1 Å². The standard InChI is InChI=1S/C7H15N2O4/c1-11-6-9(13-3)5-4-8(12-2)7(9)10/h4-6H2,1-3H3/q+1. The van der Waals surface area contributed by atoms with Gasteiger partial charge in [0.1, 0.15) is 13.1 Å². The van der Waals surface area contributed by atoms with Crippen molar-refractivity contribution in [2.45, 2.75) is 0 Å². The molecule has 0 aliphatic carbocycles. The van der Waals surface area contributed by atoms with E-state index < -0.39 is 0 Å². The average Bonchev–Trinajstić information content (AvgIpc) is 2.45. The summed E-state index contributed by atoms with van der Waals surface area (Å²) in [4.78, 5) is 21.6. The number of carbonyl (C=O) groups excluding carboxylic acids is 1.